The van der Waals surface area contributed by atoms with Crippen molar-refractivity contribution in [3.8, 4) is 11.5 Å². The Hall–Kier alpha value is -4.08. The molecule has 0 fully saturated rings. The number of hydrogen-bond donors (Lipinski definition) is 6. The van der Waals surface area contributed by atoms with Crippen molar-refractivity contribution >= 4 is 23.6 Å². The van der Waals surface area contributed by atoms with E-state index in [-0.39, 0.29) is 35.5 Å². The molecule has 0 saturated heterocycles. The fourth-order valence-corrected chi connectivity index (χ4v) is 6.27. The highest BCUT2D eigenvalue weighted by molar-refractivity contribution is 6.07. The molecule has 10 heteroatoms. The van der Waals surface area contributed by atoms with Gasteiger partial charge >= 0.3 is 0 Å². The third-order valence-corrected chi connectivity index (χ3v) is 9.33. The van der Waals surface area contributed by atoms with E-state index in [1.807, 2.05) is 6.92 Å². The van der Waals surface area contributed by atoms with Gasteiger partial charge in [0, 0.05) is 0 Å². The Bertz CT molecular complexity index is 1270. The SMILES string of the molecule is CCCCCCCc1ccc(O)c(C(=O)NNC(=O)C(CCC)(CCCCCC)C(=O)NNC(=O)c2cc(CCCCCCC)ccc2O)c1. The van der Waals surface area contributed by atoms with Gasteiger partial charge in [-0.15, -0.1) is 0 Å². The lowest BCUT2D eigenvalue weighted by Crippen LogP contribution is -2.58. The minimum atomic E-state index is -1.60. The van der Waals surface area contributed by atoms with Crippen LogP contribution >= 0.6 is 0 Å². The van der Waals surface area contributed by atoms with Gasteiger partial charge in [0.05, 0.1) is 11.1 Å². The Kier molecular flexibility index (Phi) is 19.7. The summed E-state index contributed by atoms with van der Waals surface area (Å²) >= 11 is 0. The van der Waals surface area contributed by atoms with Crippen LogP contribution < -0.4 is 21.7 Å². The number of unbranched alkanes of at least 4 members (excludes halogenated alkanes) is 11. The van der Waals surface area contributed by atoms with Gasteiger partial charge in [0.25, 0.3) is 23.6 Å². The number of aryl methyl sites for hydroxylation is 2. The number of phenolic OH excluding ortho intramolecular Hbond substituents is 2. The molecule has 0 heterocycles. The second kappa shape index (κ2) is 23.3. The Morgan fingerprint density at radius 2 is 0.900 bits per heavy atom. The number of rotatable bonds is 23. The average Bonchev–Trinajstić information content (AvgIpc) is 3.11. The van der Waals surface area contributed by atoms with Crippen LogP contribution in [0.5, 0.6) is 11.5 Å². The number of aromatic hydroxyl groups is 2. The number of hydrazine groups is 2. The number of benzene rings is 2. The monoisotopic (exact) mass is 694 g/mol. The summed E-state index contributed by atoms with van der Waals surface area (Å²) in [7, 11) is 0. The predicted octanol–water partition coefficient (Wildman–Crippen LogP) is 8.10. The third-order valence-electron chi connectivity index (χ3n) is 9.33. The van der Waals surface area contributed by atoms with E-state index in [9.17, 15) is 29.4 Å². The minimum Gasteiger partial charge on any atom is -0.507 e. The van der Waals surface area contributed by atoms with Crippen molar-refractivity contribution in [1.29, 1.82) is 0 Å². The van der Waals surface area contributed by atoms with E-state index in [4.69, 9.17) is 0 Å². The molecule has 2 aromatic carbocycles. The van der Waals surface area contributed by atoms with Crippen LogP contribution in [0.15, 0.2) is 36.4 Å². The van der Waals surface area contributed by atoms with Crippen molar-refractivity contribution in [3.63, 3.8) is 0 Å². The molecule has 4 amide bonds. The molecule has 0 unspecified atom stereocenters. The van der Waals surface area contributed by atoms with E-state index in [0.717, 1.165) is 94.6 Å². The normalized spacial score (nSPS) is 11.2. The van der Waals surface area contributed by atoms with Crippen LogP contribution in [0.1, 0.15) is 169 Å². The molecule has 0 radical (unpaired) electrons. The van der Waals surface area contributed by atoms with Crippen LogP contribution in [0.3, 0.4) is 0 Å². The summed E-state index contributed by atoms with van der Waals surface area (Å²) in [5.41, 5.74) is 9.97. The first kappa shape index (κ1) is 42.1. The van der Waals surface area contributed by atoms with E-state index in [1.165, 1.54) is 25.0 Å². The highest BCUT2D eigenvalue weighted by atomic mass is 16.3. The summed E-state index contributed by atoms with van der Waals surface area (Å²) in [6.07, 6.45) is 16.7. The second-order valence-electron chi connectivity index (χ2n) is 13.5. The number of carbonyl (C=O) groups excluding carboxylic acids is 4. The van der Waals surface area contributed by atoms with Crippen molar-refractivity contribution < 1.29 is 29.4 Å². The van der Waals surface area contributed by atoms with Gasteiger partial charge in [-0.25, -0.2) is 0 Å². The van der Waals surface area contributed by atoms with Crippen molar-refractivity contribution in [2.45, 2.75) is 150 Å². The summed E-state index contributed by atoms with van der Waals surface area (Å²) in [5, 5.41) is 20.9. The standard InChI is InChI=1S/C40H62N4O6/c1-5-9-12-15-17-20-30-22-24-34(45)32(28-30)36(47)41-43-38(49)40(26-8-4,27-19-14-11-7-3)39(50)44-42-37(48)33-29-31(23-25-35(33)46)21-18-16-13-10-6-2/h22-25,28-29,45-46H,5-21,26-27H2,1-4H3,(H,41,47)(H,42,48)(H,43,49)(H,44,50). The van der Waals surface area contributed by atoms with Crippen LogP contribution in [-0.4, -0.2) is 33.8 Å². The van der Waals surface area contributed by atoms with Gasteiger partial charge in [0.15, 0.2) is 0 Å². The quantitative estimate of drug-likeness (QED) is 0.0392. The highest BCUT2D eigenvalue weighted by Gasteiger charge is 2.45. The van der Waals surface area contributed by atoms with Crippen molar-refractivity contribution in [2.24, 2.45) is 5.41 Å². The molecule has 0 aliphatic heterocycles. The first-order valence-corrected chi connectivity index (χ1v) is 19.0. The van der Waals surface area contributed by atoms with E-state index >= 15 is 0 Å². The zero-order valence-corrected chi connectivity index (χ0v) is 30.9. The van der Waals surface area contributed by atoms with E-state index in [2.05, 4.69) is 42.5 Å². The second-order valence-corrected chi connectivity index (χ2v) is 13.5. The molecule has 10 nitrogen and oxygen atoms in total. The number of phenols is 2. The number of amides is 4. The summed E-state index contributed by atoms with van der Waals surface area (Å²) in [4.78, 5) is 54.0. The summed E-state index contributed by atoms with van der Waals surface area (Å²) in [6.45, 7) is 8.25. The summed E-state index contributed by atoms with van der Waals surface area (Å²) < 4.78 is 0. The molecular weight excluding hydrogens is 632 g/mol. The number of nitrogens with one attached hydrogen (secondary N) is 4. The molecular formula is C40H62N4O6. The molecule has 0 aliphatic rings. The predicted molar refractivity (Wildman–Crippen MR) is 198 cm³/mol. The van der Waals surface area contributed by atoms with Crippen LogP contribution in [0.2, 0.25) is 0 Å². The Balaban J connectivity index is 2.17. The third kappa shape index (κ3) is 13.7. The lowest BCUT2D eigenvalue weighted by Gasteiger charge is -2.31. The highest BCUT2D eigenvalue weighted by Crippen LogP contribution is 2.32. The first-order chi connectivity index (χ1) is 24.1. The van der Waals surface area contributed by atoms with Crippen molar-refractivity contribution in [1.82, 2.24) is 21.7 Å². The molecule has 0 aromatic heterocycles. The maximum Gasteiger partial charge on any atom is 0.273 e. The van der Waals surface area contributed by atoms with Gasteiger partial charge in [0.1, 0.15) is 16.9 Å². The van der Waals surface area contributed by atoms with E-state index < -0.39 is 29.0 Å². The van der Waals surface area contributed by atoms with E-state index in [0.29, 0.717) is 12.8 Å². The van der Waals surface area contributed by atoms with Gasteiger partial charge in [0.2, 0.25) is 0 Å². The van der Waals surface area contributed by atoms with Crippen LogP contribution in [0.4, 0.5) is 0 Å². The van der Waals surface area contributed by atoms with Crippen LogP contribution in [0, 0.1) is 5.41 Å². The van der Waals surface area contributed by atoms with Crippen LogP contribution in [-0.2, 0) is 22.4 Å². The van der Waals surface area contributed by atoms with Crippen molar-refractivity contribution in [2.75, 3.05) is 0 Å². The van der Waals surface area contributed by atoms with Crippen LogP contribution in [0.25, 0.3) is 0 Å². The minimum absolute atomic E-state index is 0.0279. The molecule has 50 heavy (non-hydrogen) atoms. The topological polar surface area (TPSA) is 157 Å². The molecule has 6 N–H and O–H groups in total. The first-order valence-electron chi connectivity index (χ1n) is 19.0. The fraction of sp³-hybridized carbons (Fsp3) is 0.600. The summed E-state index contributed by atoms with van der Waals surface area (Å²) in [6, 6.07) is 9.78. The Morgan fingerprint density at radius 3 is 1.30 bits per heavy atom. The summed E-state index contributed by atoms with van der Waals surface area (Å²) in [5.74, 6) is -3.25. The van der Waals surface area contributed by atoms with E-state index in [1.54, 1.807) is 24.3 Å². The molecule has 0 atom stereocenters. The molecule has 0 saturated carbocycles. The smallest absolute Gasteiger partial charge is 0.273 e. The Labute approximate surface area is 299 Å². The molecule has 0 spiro atoms. The lowest BCUT2D eigenvalue weighted by atomic mass is 9.77. The maximum absolute atomic E-state index is 13.9. The molecule has 0 aliphatic carbocycles. The van der Waals surface area contributed by atoms with Gasteiger partial charge in [-0.1, -0.05) is 123 Å². The van der Waals surface area contributed by atoms with Gasteiger partial charge in [-0.3, -0.25) is 40.9 Å². The number of hydrogen-bond acceptors (Lipinski definition) is 6. The lowest BCUT2D eigenvalue weighted by molar-refractivity contribution is -0.146. The molecule has 2 aromatic rings. The average molecular weight is 695 g/mol. The zero-order valence-electron chi connectivity index (χ0n) is 30.9. The van der Waals surface area contributed by atoms with Gasteiger partial charge in [-0.2, -0.15) is 0 Å². The largest absolute Gasteiger partial charge is 0.507 e. The molecule has 0 bridgehead atoms. The fourth-order valence-electron chi connectivity index (χ4n) is 6.27. The van der Waals surface area contributed by atoms with Gasteiger partial charge in [-0.05, 0) is 73.9 Å². The van der Waals surface area contributed by atoms with Gasteiger partial charge < -0.3 is 10.2 Å². The Morgan fingerprint density at radius 1 is 0.500 bits per heavy atom. The molecule has 2 rings (SSSR count). The van der Waals surface area contributed by atoms with Crippen molar-refractivity contribution in [3.05, 3.63) is 58.7 Å². The maximum atomic E-state index is 13.9. The molecule has 278 valence electrons. The number of carbonyl (C=O) groups is 4. The zero-order chi connectivity index (χ0) is 36.8.